The van der Waals surface area contributed by atoms with E-state index in [1.165, 1.54) is 11.6 Å². The van der Waals surface area contributed by atoms with Gasteiger partial charge in [0.25, 0.3) is 0 Å². The van der Waals surface area contributed by atoms with Gasteiger partial charge >= 0.3 is 0 Å². The highest BCUT2D eigenvalue weighted by molar-refractivity contribution is 5.87. The largest absolute Gasteiger partial charge is 0.489 e. The van der Waals surface area contributed by atoms with E-state index in [0.29, 0.717) is 6.61 Å². The van der Waals surface area contributed by atoms with E-state index >= 15 is 0 Å². The summed E-state index contributed by atoms with van der Waals surface area (Å²) in [5.74, 6) is 1.67. The van der Waals surface area contributed by atoms with Gasteiger partial charge in [-0.15, -0.1) is 0 Å². The van der Waals surface area contributed by atoms with E-state index in [-0.39, 0.29) is 11.9 Å². The molecular formula is C27H26N4O2. The number of imidazole rings is 1. The van der Waals surface area contributed by atoms with Crippen molar-refractivity contribution in [2.45, 2.75) is 32.4 Å². The molecule has 1 aliphatic rings. The third kappa shape index (κ3) is 4.12. The number of hydrogen-bond donors (Lipinski definition) is 0. The van der Waals surface area contributed by atoms with Crippen LogP contribution in [0.2, 0.25) is 0 Å². The number of nitrogens with zero attached hydrogens (tertiary/aromatic N) is 4. The number of amides is 1. The number of aryl methyl sites for hydroxylation is 1. The van der Waals surface area contributed by atoms with E-state index in [9.17, 15) is 4.79 Å². The molecule has 0 bridgehead atoms. The molecule has 0 spiro atoms. The lowest BCUT2D eigenvalue weighted by Gasteiger charge is -2.22. The maximum absolute atomic E-state index is 12.4. The first-order valence-electron chi connectivity index (χ1n) is 11.2. The summed E-state index contributed by atoms with van der Waals surface area (Å²) in [4.78, 5) is 23.6. The quantitative estimate of drug-likeness (QED) is 0.392. The van der Waals surface area contributed by atoms with E-state index in [0.717, 1.165) is 53.3 Å². The highest BCUT2D eigenvalue weighted by Gasteiger charge is 2.32. The van der Waals surface area contributed by atoms with E-state index in [4.69, 9.17) is 9.72 Å². The van der Waals surface area contributed by atoms with Gasteiger partial charge in [0.2, 0.25) is 5.91 Å². The predicted octanol–water partition coefficient (Wildman–Crippen LogP) is 5.13. The summed E-state index contributed by atoms with van der Waals surface area (Å²) in [6.07, 6.45) is 8.72. The van der Waals surface area contributed by atoms with Crippen LogP contribution in [0.15, 0.2) is 79.8 Å². The number of fused-ring (bicyclic) bond motifs is 1. The van der Waals surface area contributed by atoms with Crippen molar-refractivity contribution in [3.63, 3.8) is 0 Å². The van der Waals surface area contributed by atoms with Crippen molar-refractivity contribution in [1.82, 2.24) is 19.3 Å². The molecule has 0 saturated carbocycles. The van der Waals surface area contributed by atoms with E-state index < -0.39 is 0 Å². The maximum atomic E-state index is 12.4. The Bertz CT molecular complexity index is 1290. The molecule has 0 N–H and O–H groups in total. The van der Waals surface area contributed by atoms with Crippen molar-refractivity contribution >= 4 is 11.4 Å². The molecule has 5 rings (SSSR count). The van der Waals surface area contributed by atoms with Gasteiger partial charge in [0, 0.05) is 24.5 Å². The Labute approximate surface area is 193 Å². The number of benzene rings is 2. The van der Waals surface area contributed by atoms with Gasteiger partial charge in [0.15, 0.2) is 0 Å². The molecular weight excluding hydrogens is 412 g/mol. The summed E-state index contributed by atoms with van der Waals surface area (Å²) in [5, 5.41) is 0. The molecule has 2 aromatic carbocycles. The average Bonchev–Trinajstić information content (AvgIpc) is 3.48. The Morgan fingerprint density at radius 1 is 1.18 bits per heavy atom. The molecule has 4 aromatic rings. The van der Waals surface area contributed by atoms with Gasteiger partial charge < -0.3 is 9.64 Å². The first-order chi connectivity index (χ1) is 16.1. The van der Waals surface area contributed by atoms with Crippen LogP contribution in [0.4, 0.5) is 0 Å². The summed E-state index contributed by atoms with van der Waals surface area (Å²) in [6.45, 7) is 6.94. The summed E-state index contributed by atoms with van der Waals surface area (Å²) < 4.78 is 7.96. The lowest BCUT2D eigenvalue weighted by Crippen LogP contribution is -2.29. The molecule has 3 heterocycles. The molecule has 2 aromatic heterocycles. The maximum Gasteiger partial charge on any atom is 0.246 e. The van der Waals surface area contributed by atoms with Crippen LogP contribution < -0.4 is 4.74 Å². The average molecular weight is 439 g/mol. The third-order valence-corrected chi connectivity index (χ3v) is 6.14. The molecule has 1 amide bonds. The van der Waals surface area contributed by atoms with Gasteiger partial charge in [0.1, 0.15) is 18.2 Å². The third-order valence-electron chi connectivity index (χ3n) is 6.14. The van der Waals surface area contributed by atoms with Gasteiger partial charge in [-0.3, -0.25) is 14.2 Å². The van der Waals surface area contributed by atoms with E-state index in [1.54, 1.807) is 6.20 Å². The molecule has 0 unspecified atom stereocenters. The van der Waals surface area contributed by atoms with Crippen LogP contribution in [-0.4, -0.2) is 31.7 Å². The molecule has 33 heavy (non-hydrogen) atoms. The lowest BCUT2D eigenvalue weighted by molar-refractivity contribution is -0.127. The van der Waals surface area contributed by atoms with Crippen molar-refractivity contribution in [2.75, 3.05) is 6.54 Å². The second-order valence-electron chi connectivity index (χ2n) is 8.34. The van der Waals surface area contributed by atoms with Crippen LogP contribution in [0.5, 0.6) is 5.75 Å². The number of hydrogen-bond acceptors (Lipinski definition) is 4. The number of carbonyl (C=O) groups is 1. The smallest absolute Gasteiger partial charge is 0.246 e. The first kappa shape index (κ1) is 20.9. The Kier molecular flexibility index (Phi) is 5.65. The summed E-state index contributed by atoms with van der Waals surface area (Å²) in [5.41, 5.74) is 5.09. The molecule has 6 nitrogen and oxygen atoms in total. The number of aromatic nitrogens is 3. The molecule has 1 atom stereocenters. The van der Waals surface area contributed by atoms with Crippen LogP contribution >= 0.6 is 0 Å². The normalized spacial score (nSPS) is 15.7. The Hall–Kier alpha value is -3.93. The Morgan fingerprint density at radius 2 is 1.97 bits per heavy atom. The van der Waals surface area contributed by atoms with Gasteiger partial charge in [-0.1, -0.05) is 48.5 Å². The van der Waals surface area contributed by atoms with E-state index in [2.05, 4.69) is 47.2 Å². The van der Waals surface area contributed by atoms with E-state index in [1.807, 2.05) is 41.6 Å². The summed E-state index contributed by atoms with van der Waals surface area (Å²) in [6, 6.07) is 16.2. The lowest BCUT2D eigenvalue weighted by atomic mass is 10.1. The van der Waals surface area contributed by atoms with Crippen molar-refractivity contribution in [2.24, 2.45) is 0 Å². The summed E-state index contributed by atoms with van der Waals surface area (Å²) >= 11 is 0. The minimum atomic E-state index is -0.0682. The molecule has 1 aliphatic heterocycles. The Balaban J connectivity index is 1.42. The van der Waals surface area contributed by atoms with Gasteiger partial charge in [0.05, 0.1) is 23.4 Å². The molecule has 166 valence electrons. The van der Waals surface area contributed by atoms with Crippen LogP contribution in [0.1, 0.15) is 35.8 Å². The SMILES string of the molecule is C=CC(=O)N1CCC[C@H]1c1nc(-c2ccc(COc3ccc(C)cc3)cc2)c2cnccn12. The highest BCUT2D eigenvalue weighted by atomic mass is 16.5. The molecule has 1 fully saturated rings. The van der Waals surface area contributed by atoms with Crippen LogP contribution in [-0.2, 0) is 11.4 Å². The van der Waals surface area contributed by atoms with Crippen molar-refractivity contribution in [3.8, 4) is 17.0 Å². The topological polar surface area (TPSA) is 59.7 Å². The van der Waals surface area contributed by atoms with Gasteiger partial charge in [-0.25, -0.2) is 4.98 Å². The fourth-order valence-corrected chi connectivity index (χ4v) is 4.39. The van der Waals surface area contributed by atoms with Crippen LogP contribution in [0.3, 0.4) is 0 Å². The second-order valence-corrected chi connectivity index (χ2v) is 8.34. The number of likely N-dealkylation sites (tertiary alicyclic amines) is 1. The fourth-order valence-electron chi connectivity index (χ4n) is 4.39. The first-order valence-corrected chi connectivity index (χ1v) is 11.2. The minimum Gasteiger partial charge on any atom is -0.489 e. The number of ether oxygens (including phenoxy) is 1. The van der Waals surface area contributed by atoms with Gasteiger partial charge in [-0.2, -0.15) is 0 Å². The molecule has 0 radical (unpaired) electrons. The molecule has 1 saturated heterocycles. The fraction of sp³-hybridized carbons (Fsp3) is 0.222. The number of carbonyl (C=O) groups excluding carboxylic acids is 1. The Morgan fingerprint density at radius 3 is 2.73 bits per heavy atom. The number of rotatable bonds is 6. The zero-order valence-electron chi connectivity index (χ0n) is 18.6. The second kappa shape index (κ2) is 8.90. The standard InChI is InChI=1S/C27H26N4O2/c1-3-25(32)30-15-4-5-23(30)27-29-26(24-17-28-14-16-31(24)27)21-10-8-20(9-11-21)18-33-22-12-6-19(2)7-13-22/h3,6-14,16-17,23H,1,4-5,15,18H2,2H3/t23-/m0/s1. The predicted molar refractivity (Wildman–Crippen MR) is 128 cm³/mol. The van der Waals surface area contributed by atoms with Crippen molar-refractivity contribution < 1.29 is 9.53 Å². The monoisotopic (exact) mass is 438 g/mol. The molecule has 0 aliphatic carbocycles. The minimum absolute atomic E-state index is 0.0530. The van der Waals surface area contributed by atoms with Crippen LogP contribution in [0.25, 0.3) is 16.8 Å². The van der Waals surface area contributed by atoms with Gasteiger partial charge in [-0.05, 0) is 43.5 Å². The highest BCUT2D eigenvalue weighted by Crippen LogP contribution is 2.35. The zero-order chi connectivity index (χ0) is 22.8. The van der Waals surface area contributed by atoms with Crippen molar-refractivity contribution in [1.29, 1.82) is 0 Å². The van der Waals surface area contributed by atoms with Crippen LogP contribution in [0, 0.1) is 6.92 Å². The summed E-state index contributed by atoms with van der Waals surface area (Å²) in [7, 11) is 0. The molecule has 6 heteroatoms. The zero-order valence-corrected chi connectivity index (χ0v) is 18.6. The van der Waals surface area contributed by atoms with Crippen molar-refractivity contribution in [3.05, 3.63) is 96.7 Å².